The molecule has 0 fully saturated rings. The highest BCUT2D eigenvalue weighted by Gasteiger charge is 2.12. The van der Waals surface area contributed by atoms with Gasteiger partial charge in [0, 0.05) is 6.42 Å². The lowest BCUT2D eigenvalue weighted by molar-refractivity contribution is -0.137. The fourth-order valence-electron chi connectivity index (χ4n) is 1.92. The highest BCUT2D eigenvalue weighted by Crippen LogP contribution is 2.37. The summed E-state index contributed by atoms with van der Waals surface area (Å²) < 4.78 is 11.4. The Morgan fingerprint density at radius 2 is 1.95 bits per heavy atom. The van der Waals surface area contributed by atoms with Crippen molar-refractivity contribution >= 4 is 21.9 Å². The molecule has 0 heterocycles. The minimum atomic E-state index is -0.732. The SMILES string of the molecule is COc1ccc(CCCCCC(=O)O)c(OC)c1Br. The second-order valence-corrected chi connectivity index (χ2v) is 5.02. The fourth-order valence-corrected chi connectivity index (χ4v) is 2.63. The average Bonchev–Trinajstić information content (AvgIpc) is 2.38. The van der Waals surface area contributed by atoms with Gasteiger partial charge in [-0.05, 0) is 46.8 Å². The number of carbonyl (C=O) groups is 1. The molecule has 0 aromatic heterocycles. The summed E-state index contributed by atoms with van der Waals surface area (Å²) in [5, 5.41) is 8.57. The Morgan fingerprint density at radius 1 is 1.21 bits per heavy atom. The summed E-state index contributed by atoms with van der Waals surface area (Å²) in [5.74, 6) is 0.800. The molecule has 0 spiro atoms. The summed E-state index contributed by atoms with van der Waals surface area (Å²) in [6.45, 7) is 0. The average molecular weight is 331 g/mol. The molecule has 0 saturated carbocycles. The monoisotopic (exact) mass is 330 g/mol. The van der Waals surface area contributed by atoms with Gasteiger partial charge in [-0.2, -0.15) is 0 Å². The number of carboxylic acid groups (broad SMARTS) is 1. The lowest BCUT2D eigenvalue weighted by Crippen LogP contribution is -1.97. The van der Waals surface area contributed by atoms with Gasteiger partial charge < -0.3 is 14.6 Å². The van der Waals surface area contributed by atoms with Crippen LogP contribution in [-0.2, 0) is 11.2 Å². The first-order valence-corrected chi connectivity index (χ1v) is 7.00. The van der Waals surface area contributed by atoms with Crippen molar-refractivity contribution in [3.05, 3.63) is 22.2 Å². The molecule has 0 saturated heterocycles. The van der Waals surface area contributed by atoms with Crippen molar-refractivity contribution < 1.29 is 19.4 Å². The molecule has 0 bridgehead atoms. The molecule has 0 aliphatic rings. The first kappa shape index (κ1) is 15.8. The third kappa shape index (κ3) is 4.74. The van der Waals surface area contributed by atoms with Gasteiger partial charge in [0.25, 0.3) is 0 Å². The number of benzene rings is 1. The minimum absolute atomic E-state index is 0.240. The molecular formula is C14H19BrO4. The summed E-state index contributed by atoms with van der Waals surface area (Å²) >= 11 is 3.47. The third-order valence-electron chi connectivity index (χ3n) is 2.90. The third-order valence-corrected chi connectivity index (χ3v) is 3.65. The Balaban J connectivity index is 2.58. The number of ether oxygens (including phenoxy) is 2. The van der Waals surface area contributed by atoms with Crippen LogP contribution in [0.2, 0.25) is 0 Å². The van der Waals surface area contributed by atoms with Gasteiger partial charge >= 0.3 is 5.97 Å². The van der Waals surface area contributed by atoms with Crippen molar-refractivity contribution in [2.24, 2.45) is 0 Å². The molecule has 0 unspecified atom stereocenters. The molecule has 0 atom stereocenters. The second-order valence-electron chi connectivity index (χ2n) is 4.23. The Bertz CT molecular complexity index is 432. The van der Waals surface area contributed by atoms with E-state index in [-0.39, 0.29) is 6.42 Å². The molecule has 0 radical (unpaired) electrons. The zero-order valence-corrected chi connectivity index (χ0v) is 12.8. The zero-order chi connectivity index (χ0) is 14.3. The van der Waals surface area contributed by atoms with E-state index >= 15 is 0 Å². The first-order chi connectivity index (χ1) is 9.10. The fraction of sp³-hybridized carbons (Fsp3) is 0.500. The van der Waals surface area contributed by atoms with E-state index in [0.717, 1.165) is 47.2 Å². The number of halogens is 1. The molecule has 1 aromatic rings. The smallest absolute Gasteiger partial charge is 0.303 e. The number of hydrogen-bond acceptors (Lipinski definition) is 3. The van der Waals surface area contributed by atoms with Crippen LogP contribution in [0.15, 0.2) is 16.6 Å². The summed E-state index contributed by atoms with van der Waals surface area (Å²) in [5.41, 5.74) is 1.10. The topological polar surface area (TPSA) is 55.8 Å². The maximum absolute atomic E-state index is 10.4. The van der Waals surface area contributed by atoms with Crippen LogP contribution >= 0.6 is 15.9 Å². The number of rotatable bonds is 8. The number of hydrogen-bond donors (Lipinski definition) is 1. The molecule has 0 aliphatic carbocycles. The number of aryl methyl sites for hydroxylation is 1. The summed E-state index contributed by atoms with van der Waals surface area (Å²) in [4.78, 5) is 10.4. The molecule has 1 aromatic carbocycles. The Hall–Kier alpha value is -1.23. The quantitative estimate of drug-likeness (QED) is 0.739. The van der Waals surface area contributed by atoms with Gasteiger partial charge in [0.05, 0.1) is 14.2 Å². The van der Waals surface area contributed by atoms with E-state index in [1.165, 1.54) is 0 Å². The Morgan fingerprint density at radius 3 is 2.53 bits per heavy atom. The number of aliphatic carboxylic acids is 1. The maximum atomic E-state index is 10.4. The van der Waals surface area contributed by atoms with Gasteiger partial charge in [-0.15, -0.1) is 0 Å². The number of unbranched alkanes of at least 4 members (excludes halogenated alkanes) is 2. The van der Waals surface area contributed by atoms with Gasteiger partial charge in [-0.25, -0.2) is 0 Å². The zero-order valence-electron chi connectivity index (χ0n) is 11.2. The Kier molecular flexibility index (Phi) is 6.70. The van der Waals surface area contributed by atoms with Crippen LogP contribution in [-0.4, -0.2) is 25.3 Å². The van der Waals surface area contributed by atoms with Crippen LogP contribution in [0.4, 0.5) is 0 Å². The molecule has 4 nitrogen and oxygen atoms in total. The van der Waals surface area contributed by atoms with E-state index < -0.39 is 5.97 Å². The molecule has 0 amide bonds. The van der Waals surface area contributed by atoms with E-state index in [0.29, 0.717) is 0 Å². The molecule has 19 heavy (non-hydrogen) atoms. The normalized spacial score (nSPS) is 10.3. The molecule has 106 valence electrons. The van der Waals surface area contributed by atoms with Gasteiger partial charge in [0.15, 0.2) is 0 Å². The van der Waals surface area contributed by atoms with Gasteiger partial charge in [0.2, 0.25) is 0 Å². The van der Waals surface area contributed by atoms with Crippen molar-refractivity contribution in [2.45, 2.75) is 32.1 Å². The van der Waals surface area contributed by atoms with Crippen LogP contribution in [0.3, 0.4) is 0 Å². The minimum Gasteiger partial charge on any atom is -0.495 e. The van der Waals surface area contributed by atoms with Gasteiger partial charge in [-0.3, -0.25) is 4.79 Å². The van der Waals surface area contributed by atoms with Crippen LogP contribution in [0.5, 0.6) is 11.5 Å². The first-order valence-electron chi connectivity index (χ1n) is 6.21. The summed E-state index contributed by atoms with van der Waals surface area (Å²) in [6.07, 6.45) is 3.67. The number of carboxylic acids is 1. The van der Waals surface area contributed by atoms with Crippen LogP contribution in [0, 0.1) is 0 Å². The molecule has 0 aliphatic heterocycles. The molecule has 5 heteroatoms. The maximum Gasteiger partial charge on any atom is 0.303 e. The molecular weight excluding hydrogens is 312 g/mol. The highest BCUT2D eigenvalue weighted by molar-refractivity contribution is 9.10. The Labute approximate surface area is 121 Å². The predicted octanol–water partition coefficient (Wildman–Crippen LogP) is 3.65. The van der Waals surface area contributed by atoms with E-state index in [9.17, 15) is 4.79 Å². The van der Waals surface area contributed by atoms with Crippen molar-refractivity contribution in [3.63, 3.8) is 0 Å². The van der Waals surface area contributed by atoms with E-state index in [1.54, 1.807) is 14.2 Å². The summed E-state index contributed by atoms with van der Waals surface area (Å²) in [6, 6.07) is 3.89. The lowest BCUT2D eigenvalue weighted by atomic mass is 10.0. The molecule has 1 rings (SSSR count). The standard InChI is InChI=1S/C14H19BrO4/c1-18-11-9-8-10(14(19-2)13(11)15)6-4-3-5-7-12(16)17/h8-9H,3-7H2,1-2H3,(H,16,17). The predicted molar refractivity (Wildman–Crippen MR) is 77.1 cm³/mol. The lowest BCUT2D eigenvalue weighted by Gasteiger charge is -2.13. The van der Waals surface area contributed by atoms with E-state index in [1.807, 2.05) is 12.1 Å². The van der Waals surface area contributed by atoms with Crippen LogP contribution in [0.25, 0.3) is 0 Å². The van der Waals surface area contributed by atoms with Crippen molar-refractivity contribution in [3.8, 4) is 11.5 Å². The van der Waals surface area contributed by atoms with Gasteiger partial charge in [0.1, 0.15) is 16.0 Å². The highest BCUT2D eigenvalue weighted by atomic mass is 79.9. The van der Waals surface area contributed by atoms with Crippen molar-refractivity contribution in [2.75, 3.05) is 14.2 Å². The number of methoxy groups -OCH3 is 2. The van der Waals surface area contributed by atoms with Crippen LogP contribution < -0.4 is 9.47 Å². The van der Waals surface area contributed by atoms with E-state index in [4.69, 9.17) is 14.6 Å². The molecule has 1 N–H and O–H groups in total. The second kappa shape index (κ2) is 8.04. The summed E-state index contributed by atoms with van der Waals surface area (Å²) in [7, 11) is 3.25. The van der Waals surface area contributed by atoms with E-state index in [2.05, 4.69) is 15.9 Å². The van der Waals surface area contributed by atoms with Crippen molar-refractivity contribution in [1.29, 1.82) is 0 Å². The largest absolute Gasteiger partial charge is 0.495 e. The van der Waals surface area contributed by atoms with Crippen LogP contribution in [0.1, 0.15) is 31.2 Å². The van der Waals surface area contributed by atoms with Crippen molar-refractivity contribution in [1.82, 2.24) is 0 Å². The van der Waals surface area contributed by atoms with Gasteiger partial charge in [-0.1, -0.05) is 12.5 Å².